The Morgan fingerprint density at radius 1 is 1.00 bits per heavy atom. The Balaban J connectivity index is 1.37. The van der Waals surface area contributed by atoms with Crippen LogP contribution in [0.15, 0.2) is 53.3 Å². The lowest BCUT2D eigenvalue weighted by molar-refractivity contribution is 0.132. The first-order valence-corrected chi connectivity index (χ1v) is 11.9. The first kappa shape index (κ1) is 23.7. The van der Waals surface area contributed by atoms with Gasteiger partial charge in [-0.05, 0) is 93.6 Å². The Kier molecular flexibility index (Phi) is 7.35. The molecule has 0 amide bonds. The standard InChI is InChI=1S/C26H30ClF2N3O/c1-18(25-24(27)26(33)32(30(25)2)23-12-10-22(29)11-13-23)31-16-14-20(15-17-31)5-3-4-19-6-8-21(28)9-7-19/h6-13,18,20H,3-5,14-17H2,1-2H3. The minimum atomic E-state index is -0.346. The van der Waals surface area contributed by atoms with E-state index in [1.807, 2.05) is 19.2 Å². The van der Waals surface area contributed by atoms with Crippen LogP contribution >= 0.6 is 11.6 Å². The molecule has 0 aliphatic carbocycles. The van der Waals surface area contributed by atoms with E-state index in [2.05, 4.69) is 11.8 Å². The summed E-state index contributed by atoms with van der Waals surface area (Å²) in [6.07, 6.45) is 5.47. The van der Waals surface area contributed by atoms with E-state index in [4.69, 9.17) is 11.6 Å². The highest BCUT2D eigenvalue weighted by Gasteiger charge is 2.29. The SMILES string of the molecule is CC(c1c(Cl)c(=O)n(-c2ccc(F)cc2)n1C)N1CCC(CCCc2ccc(F)cc2)CC1. The first-order chi connectivity index (χ1) is 15.8. The number of likely N-dealkylation sites (tertiary alicyclic amines) is 1. The van der Waals surface area contributed by atoms with Gasteiger partial charge in [0.05, 0.1) is 17.4 Å². The second-order valence-corrected chi connectivity index (χ2v) is 9.37. The number of hydrogen-bond acceptors (Lipinski definition) is 2. The molecule has 2 aromatic carbocycles. The first-order valence-electron chi connectivity index (χ1n) is 11.6. The van der Waals surface area contributed by atoms with Crippen LogP contribution in [0.2, 0.25) is 5.02 Å². The van der Waals surface area contributed by atoms with Crippen LogP contribution in [0.1, 0.15) is 49.9 Å². The van der Waals surface area contributed by atoms with Gasteiger partial charge < -0.3 is 0 Å². The smallest absolute Gasteiger partial charge is 0.290 e. The monoisotopic (exact) mass is 473 g/mol. The lowest BCUT2D eigenvalue weighted by atomic mass is 9.90. The number of aryl methyl sites for hydroxylation is 1. The Labute approximate surface area is 198 Å². The average molecular weight is 474 g/mol. The van der Waals surface area contributed by atoms with Crippen molar-refractivity contribution in [2.45, 2.75) is 45.1 Å². The summed E-state index contributed by atoms with van der Waals surface area (Å²) in [5.41, 5.74) is 2.26. The normalized spacial score (nSPS) is 16.3. The quantitative estimate of drug-likeness (QED) is 0.427. The highest BCUT2D eigenvalue weighted by Crippen LogP contribution is 2.31. The predicted octanol–water partition coefficient (Wildman–Crippen LogP) is 5.90. The van der Waals surface area contributed by atoms with Crippen molar-refractivity contribution in [2.24, 2.45) is 13.0 Å². The van der Waals surface area contributed by atoms with Gasteiger partial charge in [0.15, 0.2) is 0 Å². The van der Waals surface area contributed by atoms with E-state index in [9.17, 15) is 13.6 Å². The van der Waals surface area contributed by atoms with E-state index in [-0.39, 0.29) is 28.3 Å². The second kappa shape index (κ2) is 10.2. The third-order valence-electron chi connectivity index (χ3n) is 6.91. The maximum atomic E-state index is 13.3. The topological polar surface area (TPSA) is 30.2 Å². The van der Waals surface area contributed by atoms with Crippen molar-refractivity contribution in [3.63, 3.8) is 0 Å². The van der Waals surface area contributed by atoms with E-state index in [0.29, 0.717) is 11.6 Å². The molecule has 3 aromatic rings. The molecule has 1 saturated heterocycles. The molecular formula is C26H30ClF2N3O. The van der Waals surface area contributed by atoms with E-state index in [1.54, 1.807) is 16.8 Å². The van der Waals surface area contributed by atoms with Crippen LogP contribution in [-0.2, 0) is 13.5 Å². The summed E-state index contributed by atoms with van der Waals surface area (Å²) in [6.45, 7) is 3.99. The molecule has 4 rings (SSSR count). The number of aromatic nitrogens is 2. The molecule has 1 atom stereocenters. The van der Waals surface area contributed by atoms with Gasteiger partial charge in [0, 0.05) is 7.05 Å². The number of benzene rings is 2. The Morgan fingerprint density at radius 2 is 1.58 bits per heavy atom. The summed E-state index contributed by atoms with van der Waals surface area (Å²) in [4.78, 5) is 15.2. The van der Waals surface area contributed by atoms with Crippen molar-refractivity contribution in [3.8, 4) is 5.69 Å². The molecule has 1 unspecified atom stereocenters. The van der Waals surface area contributed by atoms with Crippen LogP contribution in [0, 0.1) is 17.6 Å². The van der Waals surface area contributed by atoms with E-state index < -0.39 is 0 Å². The molecule has 0 spiro atoms. The van der Waals surface area contributed by atoms with E-state index in [1.165, 1.54) is 40.9 Å². The zero-order chi connectivity index (χ0) is 23.5. The summed E-state index contributed by atoms with van der Waals surface area (Å²) >= 11 is 6.50. The predicted molar refractivity (Wildman–Crippen MR) is 128 cm³/mol. The number of piperidine rings is 1. The summed E-state index contributed by atoms with van der Waals surface area (Å²) in [6, 6.07) is 12.6. The molecule has 33 heavy (non-hydrogen) atoms. The summed E-state index contributed by atoms with van der Waals surface area (Å²) in [5.74, 6) is 0.143. The van der Waals surface area contributed by atoms with E-state index in [0.717, 1.165) is 44.5 Å². The zero-order valence-corrected chi connectivity index (χ0v) is 19.9. The van der Waals surface area contributed by atoms with Crippen LogP contribution in [0.3, 0.4) is 0 Å². The molecule has 176 valence electrons. The highest BCUT2D eigenvalue weighted by molar-refractivity contribution is 6.31. The van der Waals surface area contributed by atoms with Crippen molar-refractivity contribution >= 4 is 11.6 Å². The molecular weight excluding hydrogens is 444 g/mol. The van der Waals surface area contributed by atoms with Crippen LogP contribution in [0.5, 0.6) is 0 Å². The molecule has 0 bridgehead atoms. The molecule has 1 aliphatic rings. The number of halogens is 3. The molecule has 0 radical (unpaired) electrons. The van der Waals surface area contributed by atoms with Gasteiger partial charge in [0.2, 0.25) is 0 Å². The molecule has 1 aliphatic heterocycles. The highest BCUT2D eigenvalue weighted by atomic mass is 35.5. The lowest BCUT2D eigenvalue weighted by Gasteiger charge is -2.36. The van der Waals surface area contributed by atoms with Gasteiger partial charge in [-0.2, -0.15) is 0 Å². The van der Waals surface area contributed by atoms with Gasteiger partial charge >= 0.3 is 0 Å². The maximum absolute atomic E-state index is 13.3. The number of rotatable bonds is 7. The Hall–Kier alpha value is -2.44. The van der Waals surface area contributed by atoms with Crippen molar-refractivity contribution in [3.05, 3.63) is 86.8 Å². The molecule has 1 fully saturated rings. The van der Waals surface area contributed by atoms with Gasteiger partial charge in [0.1, 0.15) is 16.7 Å². The maximum Gasteiger partial charge on any atom is 0.290 e. The van der Waals surface area contributed by atoms with E-state index >= 15 is 0 Å². The Morgan fingerprint density at radius 3 is 2.18 bits per heavy atom. The van der Waals surface area contributed by atoms with Gasteiger partial charge in [0.25, 0.3) is 5.56 Å². The van der Waals surface area contributed by atoms with Crippen LogP contribution in [0.4, 0.5) is 8.78 Å². The van der Waals surface area contributed by atoms with Crippen LogP contribution < -0.4 is 5.56 Å². The fourth-order valence-electron chi connectivity index (χ4n) is 4.96. The third kappa shape index (κ3) is 5.22. The molecule has 0 saturated carbocycles. The molecule has 1 aromatic heterocycles. The summed E-state index contributed by atoms with van der Waals surface area (Å²) in [5, 5.41) is 0.218. The second-order valence-electron chi connectivity index (χ2n) is 8.99. The van der Waals surface area contributed by atoms with Crippen LogP contribution in [-0.4, -0.2) is 27.4 Å². The van der Waals surface area contributed by atoms with Gasteiger partial charge in [-0.3, -0.25) is 14.4 Å². The number of hydrogen-bond donors (Lipinski definition) is 0. The van der Waals surface area contributed by atoms with Crippen molar-refractivity contribution in [1.29, 1.82) is 0 Å². The van der Waals surface area contributed by atoms with Gasteiger partial charge in [-0.1, -0.05) is 30.2 Å². The van der Waals surface area contributed by atoms with Gasteiger partial charge in [-0.25, -0.2) is 13.5 Å². The molecule has 0 N–H and O–H groups in total. The summed E-state index contributed by atoms with van der Waals surface area (Å²) in [7, 11) is 1.82. The molecule has 7 heteroatoms. The minimum Gasteiger partial charge on any atom is -0.295 e. The van der Waals surface area contributed by atoms with Crippen molar-refractivity contribution in [2.75, 3.05) is 13.1 Å². The fraction of sp³-hybridized carbons (Fsp3) is 0.423. The third-order valence-corrected chi connectivity index (χ3v) is 7.26. The van der Waals surface area contributed by atoms with Crippen LogP contribution in [0.25, 0.3) is 5.69 Å². The fourth-order valence-corrected chi connectivity index (χ4v) is 5.32. The number of nitrogens with zero attached hydrogens (tertiary/aromatic N) is 3. The average Bonchev–Trinajstić information content (AvgIpc) is 3.04. The molecule has 2 heterocycles. The van der Waals surface area contributed by atoms with Crippen molar-refractivity contribution in [1.82, 2.24) is 14.3 Å². The lowest BCUT2D eigenvalue weighted by Crippen LogP contribution is -2.36. The minimum absolute atomic E-state index is 0.00272. The largest absolute Gasteiger partial charge is 0.295 e. The van der Waals surface area contributed by atoms with Gasteiger partial charge in [-0.15, -0.1) is 0 Å². The van der Waals surface area contributed by atoms with Crippen molar-refractivity contribution < 1.29 is 8.78 Å². The zero-order valence-electron chi connectivity index (χ0n) is 19.1. The molecule has 4 nitrogen and oxygen atoms in total. The summed E-state index contributed by atoms with van der Waals surface area (Å²) < 4.78 is 29.7. The Bertz CT molecular complexity index is 1130.